The van der Waals surface area contributed by atoms with Gasteiger partial charge in [0.1, 0.15) is 0 Å². The van der Waals surface area contributed by atoms with Gasteiger partial charge in [0.25, 0.3) is 0 Å². The van der Waals surface area contributed by atoms with Gasteiger partial charge in [0.05, 0.1) is 5.56 Å². The summed E-state index contributed by atoms with van der Waals surface area (Å²) in [5.74, 6) is -0.906. The van der Waals surface area contributed by atoms with Crippen LogP contribution in [0.15, 0.2) is 54.6 Å². The molecular formula is C18H21NO2. The maximum absolute atomic E-state index is 11.2. The van der Waals surface area contributed by atoms with Crippen LogP contribution in [-0.2, 0) is 6.42 Å². The number of hydrogen-bond acceptors (Lipinski definition) is 2. The molecule has 0 spiro atoms. The topological polar surface area (TPSA) is 49.3 Å². The summed E-state index contributed by atoms with van der Waals surface area (Å²) in [5, 5.41) is 12.6. The molecule has 0 aliphatic rings. The Balaban J connectivity index is 2.05. The molecule has 0 bridgehead atoms. The number of nitrogens with one attached hydrogen (secondary N) is 1. The lowest BCUT2D eigenvalue weighted by Gasteiger charge is -2.28. The van der Waals surface area contributed by atoms with Crippen molar-refractivity contribution >= 4 is 11.7 Å². The summed E-state index contributed by atoms with van der Waals surface area (Å²) in [6.07, 6.45) is 1.88. The highest BCUT2D eigenvalue weighted by Crippen LogP contribution is 2.23. The van der Waals surface area contributed by atoms with Crippen LogP contribution in [0, 0.1) is 0 Å². The van der Waals surface area contributed by atoms with Crippen LogP contribution >= 0.6 is 0 Å². The van der Waals surface area contributed by atoms with Crippen LogP contribution in [0.25, 0.3) is 0 Å². The average molecular weight is 283 g/mol. The number of carbonyl (C=O) groups is 1. The van der Waals surface area contributed by atoms with Crippen molar-refractivity contribution in [3.8, 4) is 0 Å². The Kier molecular flexibility index (Phi) is 4.63. The zero-order valence-corrected chi connectivity index (χ0v) is 12.5. The second kappa shape index (κ2) is 6.44. The van der Waals surface area contributed by atoms with Crippen LogP contribution in [0.4, 0.5) is 5.69 Å². The number of carboxylic acids is 1. The Labute approximate surface area is 125 Å². The van der Waals surface area contributed by atoms with Crippen molar-refractivity contribution in [2.24, 2.45) is 0 Å². The van der Waals surface area contributed by atoms with Crippen molar-refractivity contribution < 1.29 is 9.90 Å². The first-order chi connectivity index (χ1) is 9.98. The van der Waals surface area contributed by atoms with Gasteiger partial charge in [-0.2, -0.15) is 0 Å². The predicted molar refractivity (Wildman–Crippen MR) is 85.9 cm³/mol. The second-order valence-electron chi connectivity index (χ2n) is 5.85. The van der Waals surface area contributed by atoms with Crippen LogP contribution in [0.3, 0.4) is 0 Å². The molecule has 0 aliphatic carbocycles. The summed E-state index contributed by atoms with van der Waals surface area (Å²) < 4.78 is 0. The molecule has 0 atom stereocenters. The van der Waals surface area contributed by atoms with E-state index in [2.05, 4.69) is 31.3 Å². The highest BCUT2D eigenvalue weighted by atomic mass is 16.4. The molecular weight excluding hydrogens is 262 g/mol. The van der Waals surface area contributed by atoms with Crippen LogP contribution in [-0.4, -0.2) is 16.6 Å². The van der Waals surface area contributed by atoms with Crippen LogP contribution in [0.2, 0.25) is 0 Å². The number of hydrogen-bond donors (Lipinski definition) is 2. The van der Waals surface area contributed by atoms with E-state index in [1.807, 2.05) is 30.3 Å². The molecule has 0 aromatic heterocycles. The zero-order chi connectivity index (χ0) is 15.3. The summed E-state index contributed by atoms with van der Waals surface area (Å²) >= 11 is 0. The van der Waals surface area contributed by atoms with Gasteiger partial charge in [0.2, 0.25) is 0 Å². The molecule has 3 heteroatoms. The Morgan fingerprint density at radius 1 is 1.05 bits per heavy atom. The normalized spacial score (nSPS) is 11.1. The first kappa shape index (κ1) is 15.1. The van der Waals surface area contributed by atoms with Gasteiger partial charge in [-0.25, -0.2) is 4.79 Å². The Morgan fingerprint density at radius 3 is 2.33 bits per heavy atom. The van der Waals surface area contributed by atoms with Gasteiger partial charge in [-0.15, -0.1) is 0 Å². The van der Waals surface area contributed by atoms with E-state index in [4.69, 9.17) is 0 Å². The van der Waals surface area contributed by atoms with E-state index in [1.54, 1.807) is 12.1 Å². The fourth-order valence-electron chi connectivity index (χ4n) is 2.31. The lowest BCUT2D eigenvalue weighted by Crippen LogP contribution is -2.32. The average Bonchev–Trinajstić information content (AvgIpc) is 2.46. The maximum Gasteiger partial charge on any atom is 0.337 e. The van der Waals surface area contributed by atoms with E-state index >= 15 is 0 Å². The Morgan fingerprint density at radius 2 is 1.67 bits per heavy atom. The molecule has 2 N–H and O–H groups in total. The summed E-state index contributed by atoms with van der Waals surface area (Å²) in [7, 11) is 0. The number of para-hydroxylation sites is 1. The third-order valence-electron chi connectivity index (χ3n) is 3.51. The zero-order valence-electron chi connectivity index (χ0n) is 12.5. The third kappa shape index (κ3) is 4.35. The number of anilines is 1. The van der Waals surface area contributed by atoms with Crippen molar-refractivity contribution in [2.45, 2.75) is 32.2 Å². The molecule has 0 fully saturated rings. The van der Waals surface area contributed by atoms with Gasteiger partial charge in [0, 0.05) is 11.2 Å². The monoisotopic (exact) mass is 283 g/mol. The minimum Gasteiger partial charge on any atom is -0.478 e. The molecule has 0 amide bonds. The molecule has 110 valence electrons. The van der Waals surface area contributed by atoms with E-state index in [0.717, 1.165) is 12.8 Å². The van der Waals surface area contributed by atoms with Crippen LogP contribution < -0.4 is 5.32 Å². The van der Waals surface area contributed by atoms with Crippen molar-refractivity contribution in [1.29, 1.82) is 0 Å². The fourth-order valence-corrected chi connectivity index (χ4v) is 2.31. The lowest BCUT2D eigenvalue weighted by molar-refractivity contribution is 0.0698. The molecule has 2 aromatic rings. The molecule has 0 aliphatic heterocycles. The Bertz CT molecular complexity index is 606. The van der Waals surface area contributed by atoms with Crippen molar-refractivity contribution in [3.05, 3.63) is 65.7 Å². The number of rotatable bonds is 6. The number of aryl methyl sites for hydroxylation is 1. The van der Waals surface area contributed by atoms with Gasteiger partial charge < -0.3 is 10.4 Å². The highest BCUT2D eigenvalue weighted by Gasteiger charge is 2.20. The molecule has 0 saturated carbocycles. The van der Waals surface area contributed by atoms with E-state index < -0.39 is 5.97 Å². The molecule has 0 heterocycles. The minimum absolute atomic E-state index is 0.179. The number of benzene rings is 2. The molecule has 3 nitrogen and oxygen atoms in total. The van der Waals surface area contributed by atoms with Crippen LogP contribution in [0.5, 0.6) is 0 Å². The molecule has 2 rings (SSSR count). The number of aromatic carboxylic acids is 1. The lowest BCUT2D eigenvalue weighted by atomic mass is 9.94. The minimum atomic E-state index is -0.906. The maximum atomic E-state index is 11.2. The summed E-state index contributed by atoms with van der Waals surface area (Å²) in [6.45, 7) is 4.18. The van der Waals surface area contributed by atoms with Gasteiger partial charge >= 0.3 is 5.97 Å². The number of carboxylic acid groups (broad SMARTS) is 1. The van der Waals surface area contributed by atoms with Crippen LogP contribution in [0.1, 0.15) is 36.2 Å². The first-order valence-corrected chi connectivity index (χ1v) is 7.12. The third-order valence-corrected chi connectivity index (χ3v) is 3.51. The fraction of sp³-hybridized carbons (Fsp3) is 0.278. The summed E-state index contributed by atoms with van der Waals surface area (Å²) in [6, 6.07) is 17.3. The van der Waals surface area contributed by atoms with Crippen molar-refractivity contribution in [3.63, 3.8) is 0 Å². The first-order valence-electron chi connectivity index (χ1n) is 7.12. The van der Waals surface area contributed by atoms with Crippen molar-refractivity contribution in [1.82, 2.24) is 0 Å². The largest absolute Gasteiger partial charge is 0.478 e. The Hall–Kier alpha value is -2.29. The van der Waals surface area contributed by atoms with Crippen molar-refractivity contribution in [2.75, 3.05) is 5.32 Å². The van der Waals surface area contributed by atoms with Gasteiger partial charge in [-0.3, -0.25) is 0 Å². The molecule has 21 heavy (non-hydrogen) atoms. The van der Waals surface area contributed by atoms with E-state index in [1.165, 1.54) is 5.56 Å². The summed E-state index contributed by atoms with van der Waals surface area (Å²) in [5.41, 5.74) is 2.09. The van der Waals surface area contributed by atoms with E-state index in [0.29, 0.717) is 11.3 Å². The predicted octanol–water partition coefficient (Wildman–Crippen LogP) is 4.21. The molecule has 2 aromatic carbocycles. The SMILES string of the molecule is CC(C)(CCc1ccccc1)Nc1ccccc1C(=O)O. The van der Waals surface area contributed by atoms with Gasteiger partial charge in [-0.05, 0) is 44.4 Å². The molecule has 0 unspecified atom stereocenters. The second-order valence-corrected chi connectivity index (χ2v) is 5.85. The molecule has 0 saturated heterocycles. The molecule has 0 radical (unpaired) electrons. The summed E-state index contributed by atoms with van der Waals surface area (Å²) in [4.78, 5) is 11.2. The smallest absolute Gasteiger partial charge is 0.337 e. The standard InChI is InChI=1S/C18H21NO2/c1-18(2,13-12-14-8-4-3-5-9-14)19-16-11-7-6-10-15(16)17(20)21/h3-11,19H,12-13H2,1-2H3,(H,20,21). The van der Waals surface area contributed by atoms with E-state index in [-0.39, 0.29) is 5.54 Å². The van der Waals surface area contributed by atoms with E-state index in [9.17, 15) is 9.90 Å². The highest BCUT2D eigenvalue weighted by molar-refractivity contribution is 5.94. The van der Waals surface area contributed by atoms with Gasteiger partial charge in [0.15, 0.2) is 0 Å². The quantitative estimate of drug-likeness (QED) is 0.835. The van der Waals surface area contributed by atoms with Gasteiger partial charge in [-0.1, -0.05) is 42.5 Å².